The molecule has 0 aliphatic rings. The minimum Gasteiger partial charge on any atom is -0.271 e. The molecule has 3 nitrogen and oxygen atoms in total. The van der Waals surface area contributed by atoms with Crippen molar-refractivity contribution in [1.29, 1.82) is 0 Å². The standard InChI is InChI=1S/C24H39NO2/c1-4-6-7-8-9-10-11-13-17-22(3)18-16-21-27-25(5-2)24(26)23-19-14-12-15-20-23/h12-15,17,19-20,22H,4-11,16,18,21H2,1-3H3. The van der Waals surface area contributed by atoms with Crippen LogP contribution < -0.4 is 0 Å². The van der Waals surface area contributed by atoms with Crippen LogP contribution in [0.1, 0.15) is 88.9 Å². The van der Waals surface area contributed by atoms with Crippen LogP contribution in [0.5, 0.6) is 0 Å². The van der Waals surface area contributed by atoms with E-state index in [4.69, 9.17) is 4.84 Å². The molecule has 0 saturated carbocycles. The molecular formula is C24H39NO2. The van der Waals surface area contributed by atoms with Gasteiger partial charge in [-0.25, -0.2) is 5.06 Å². The van der Waals surface area contributed by atoms with Crippen LogP contribution in [0.2, 0.25) is 0 Å². The molecule has 0 radical (unpaired) electrons. The van der Waals surface area contributed by atoms with Crippen molar-refractivity contribution in [3.63, 3.8) is 0 Å². The molecule has 0 bridgehead atoms. The molecule has 0 spiro atoms. The van der Waals surface area contributed by atoms with E-state index >= 15 is 0 Å². The highest BCUT2D eigenvalue weighted by Gasteiger charge is 2.14. The Morgan fingerprint density at radius 2 is 1.74 bits per heavy atom. The van der Waals surface area contributed by atoms with Crippen molar-refractivity contribution in [3.05, 3.63) is 48.0 Å². The largest absolute Gasteiger partial charge is 0.277 e. The maximum atomic E-state index is 12.4. The lowest BCUT2D eigenvalue weighted by Gasteiger charge is -2.20. The Balaban J connectivity index is 2.13. The van der Waals surface area contributed by atoms with Crippen LogP contribution in [0.15, 0.2) is 42.5 Å². The fourth-order valence-electron chi connectivity index (χ4n) is 3.07. The van der Waals surface area contributed by atoms with E-state index in [0.717, 1.165) is 12.8 Å². The van der Waals surface area contributed by atoms with Crippen molar-refractivity contribution < 1.29 is 9.63 Å². The number of nitrogens with zero attached hydrogens (tertiary/aromatic N) is 1. The van der Waals surface area contributed by atoms with E-state index in [1.54, 1.807) is 0 Å². The first-order valence-corrected chi connectivity index (χ1v) is 10.9. The van der Waals surface area contributed by atoms with Crippen LogP contribution in [0.25, 0.3) is 0 Å². The van der Waals surface area contributed by atoms with Gasteiger partial charge in [-0.1, -0.05) is 76.3 Å². The second-order valence-electron chi connectivity index (χ2n) is 7.30. The Morgan fingerprint density at radius 3 is 2.44 bits per heavy atom. The summed E-state index contributed by atoms with van der Waals surface area (Å²) in [6.07, 6.45) is 16.0. The molecule has 0 aliphatic heterocycles. The van der Waals surface area contributed by atoms with Gasteiger partial charge in [0.25, 0.3) is 5.91 Å². The number of carbonyl (C=O) groups excluding carboxylic acids is 1. The van der Waals surface area contributed by atoms with Gasteiger partial charge in [0.05, 0.1) is 6.61 Å². The summed E-state index contributed by atoms with van der Waals surface area (Å²) in [5.41, 5.74) is 0.672. The summed E-state index contributed by atoms with van der Waals surface area (Å²) >= 11 is 0. The van der Waals surface area contributed by atoms with Crippen molar-refractivity contribution >= 4 is 5.91 Å². The topological polar surface area (TPSA) is 29.5 Å². The smallest absolute Gasteiger partial charge is 0.271 e. The molecule has 1 atom stereocenters. The number of hydroxylamine groups is 2. The fraction of sp³-hybridized carbons (Fsp3) is 0.625. The molecule has 152 valence electrons. The summed E-state index contributed by atoms with van der Waals surface area (Å²) in [6.45, 7) is 7.60. The zero-order valence-corrected chi connectivity index (χ0v) is 17.7. The molecule has 1 aromatic rings. The van der Waals surface area contributed by atoms with Gasteiger partial charge < -0.3 is 0 Å². The summed E-state index contributed by atoms with van der Waals surface area (Å²) < 4.78 is 0. The first kappa shape index (κ1) is 23.4. The van der Waals surface area contributed by atoms with E-state index in [2.05, 4.69) is 26.0 Å². The number of rotatable bonds is 15. The minimum absolute atomic E-state index is 0.0648. The minimum atomic E-state index is -0.0648. The highest BCUT2D eigenvalue weighted by molar-refractivity contribution is 5.93. The average Bonchev–Trinajstić information content (AvgIpc) is 2.70. The lowest BCUT2D eigenvalue weighted by Crippen LogP contribution is -2.31. The van der Waals surface area contributed by atoms with E-state index < -0.39 is 0 Å². The van der Waals surface area contributed by atoms with Crippen molar-refractivity contribution in [3.8, 4) is 0 Å². The van der Waals surface area contributed by atoms with Crippen molar-refractivity contribution in [1.82, 2.24) is 5.06 Å². The van der Waals surface area contributed by atoms with Crippen molar-refractivity contribution in [2.24, 2.45) is 5.92 Å². The molecule has 0 aromatic heterocycles. The van der Waals surface area contributed by atoms with E-state index in [0.29, 0.717) is 24.6 Å². The fourth-order valence-corrected chi connectivity index (χ4v) is 3.07. The second-order valence-corrected chi connectivity index (χ2v) is 7.30. The molecule has 1 unspecified atom stereocenters. The predicted molar refractivity (Wildman–Crippen MR) is 115 cm³/mol. The Morgan fingerprint density at radius 1 is 1.04 bits per heavy atom. The third-order valence-corrected chi connectivity index (χ3v) is 4.77. The number of unbranched alkanes of at least 4 members (excludes halogenated alkanes) is 6. The predicted octanol–water partition coefficient (Wildman–Crippen LogP) is 6.80. The Bertz CT molecular complexity index is 512. The molecule has 3 heteroatoms. The summed E-state index contributed by atoms with van der Waals surface area (Å²) in [5, 5.41) is 1.47. The monoisotopic (exact) mass is 373 g/mol. The molecule has 1 aromatic carbocycles. The molecule has 0 heterocycles. The molecule has 0 N–H and O–H groups in total. The van der Waals surface area contributed by atoms with Crippen LogP contribution in [0.3, 0.4) is 0 Å². The Kier molecular flexibility index (Phi) is 13.4. The maximum absolute atomic E-state index is 12.4. The molecule has 1 rings (SSSR count). The SMILES string of the molecule is CCCCCCCCC=CC(C)CCCON(CC)C(=O)c1ccccc1. The zero-order valence-electron chi connectivity index (χ0n) is 17.7. The van der Waals surface area contributed by atoms with Gasteiger partial charge >= 0.3 is 0 Å². The van der Waals surface area contributed by atoms with E-state index in [9.17, 15) is 4.79 Å². The van der Waals surface area contributed by atoms with Gasteiger partial charge in [0, 0.05) is 12.1 Å². The van der Waals surface area contributed by atoms with Crippen LogP contribution >= 0.6 is 0 Å². The molecule has 1 amide bonds. The summed E-state index contributed by atoms with van der Waals surface area (Å²) in [5.74, 6) is 0.499. The molecule has 0 fully saturated rings. The lowest BCUT2D eigenvalue weighted by atomic mass is 10.0. The van der Waals surface area contributed by atoms with E-state index in [1.807, 2.05) is 37.3 Å². The van der Waals surface area contributed by atoms with Gasteiger partial charge in [0.15, 0.2) is 0 Å². The first-order valence-electron chi connectivity index (χ1n) is 10.9. The molecular weight excluding hydrogens is 334 g/mol. The quantitative estimate of drug-likeness (QED) is 0.192. The highest BCUT2D eigenvalue weighted by Crippen LogP contribution is 2.12. The molecule has 0 aliphatic carbocycles. The number of benzene rings is 1. The van der Waals surface area contributed by atoms with E-state index in [1.165, 1.54) is 50.0 Å². The highest BCUT2D eigenvalue weighted by atomic mass is 16.7. The van der Waals surface area contributed by atoms with Gasteiger partial charge in [-0.05, 0) is 50.7 Å². The Labute approximate surface area is 166 Å². The maximum Gasteiger partial charge on any atom is 0.277 e. The van der Waals surface area contributed by atoms with Crippen molar-refractivity contribution in [2.45, 2.75) is 78.6 Å². The van der Waals surface area contributed by atoms with Crippen molar-refractivity contribution in [2.75, 3.05) is 13.2 Å². The number of carbonyl (C=O) groups is 1. The normalized spacial score (nSPS) is 12.4. The average molecular weight is 374 g/mol. The van der Waals surface area contributed by atoms with E-state index in [-0.39, 0.29) is 5.91 Å². The molecule has 0 saturated heterocycles. The Hall–Kier alpha value is -1.61. The molecule has 27 heavy (non-hydrogen) atoms. The van der Waals surface area contributed by atoms with Gasteiger partial charge in [-0.2, -0.15) is 0 Å². The van der Waals surface area contributed by atoms with Crippen LogP contribution in [-0.2, 0) is 4.84 Å². The number of hydrogen-bond acceptors (Lipinski definition) is 2. The second kappa shape index (κ2) is 15.4. The lowest BCUT2D eigenvalue weighted by molar-refractivity contribution is -0.121. The van der Waals surface area contributed by atoms with Crippen LogP contribution in [0.4, 0.5) is 0 Å². The van der Waals surface area contributed by atoms with Gasteiger partial charge in [-0.3, -0.25) is 9.63 Å². The number of hydrogen-bond donors (Lipinski definition) is 0. The summed E-state index contributed by atoms with van der Waals surface area (Å²) in [6, 6.07) is 9.31. The number of amides is 1. The zero-order chi connectivity index (χ0) is 19.7. The van der Waals surface area contributed by atoms with Gasteiger partial charge in [0.1, 0.15) is 0 Å². The summed E-state index contributed by atoms with van der Waals surface area (Å²) in [4.78, 5) is 18.1. The summed E-state index contributed by atoms with van der Waals surface area (Å²) in [7, 11) is 0. The van der Waals surface area contributed by atoms with Crippen LogP contribution in [-0.4, -0.2) is 24.1 Å². The van der Waals surface area contributed by atoms with Crippen LogP contribution in [0, 0.1) is 5.92 Å². The third-order valence-electron chi connectivity index (χ3n) is 4.77. The van der Waals surface area contributed by atoms with Gasteiger partial charge in [-0.15, -0.1) is 0 Å². The third kappa shape index (κ3) is 11.0. The first-order chi connectivity index (χ1) is 13.2. The van der Waals surface area contributed by atoms with Gasteiger partial charge in [0.2, 0.25) is 0 Å². The number of allylic oxidation sites excluding steroid dienone is 2.